The first kappa shape index (κ1) is 16.8. The maximum atomic E-state index is 12.4. The Labute approximate surface area is 157 Å². The lowest BCUT2D eigenvalue weighted by Gasteiger charge is -2.29. The van der Waals surface area contributed by atoms with Crippen LogP contribution in [0.25, 0.3) is 0 Å². The number of rotatable bonds is 3. The molecule has 132 valence electrons. The Morgan fingerprint density at radius 2 is 2.12 bits per heavy atom. The Balaban J connectivity index is 1.46. The summed E-state index contributed by atoms with van der Waals surface area (Å²) in [6.45, 7) is 4.04. The fourth-order valence-corrected chi connectivity index (χ4v) is 4.05. The first-order valence-corrected chi connectivity index (χ1v) is 9.59. The molecule has 26 heavy (non-hydrogen) atoms. The number of amides is 1. The lowest BCUT2D eigenvalue weighted by Crippen LogP contribution is -2.29. The van der Waals surface area contributed by atoms with E-state index >= 15 is 0 Å². The van der Waals surface area contributed by atoms with Gasteiger partial charge in [0.2, 0.25) is 5.91 Å². The van der Waals surface area contributed by atoms with Gasteiger partial charge in [-0.3, -0.25) is 4.79 Å². The van der Waals surface area contributed by atoms with Crippen LogP contribution in [0.4, 0.5) is 11.4 Å². The number of para-hydroxylation sites is 1. The molecule has 4 rings (SSSR count). The molecule has 0 unspecified atom stereocenters. The van der Waals surface area contributed by atoms with Crippen molar-refractivity contribution >= 4 is 40.4 Å². The molecule has 2 aromatic rings. The standard InChI is InChI=1S/C20H20N4OS/c1-13-7-8-16(14(2)11-13)22-19(25)12-26-20-23-17-6-4-3-5-15(17)18-9-10-21-24(18)20/h3-8,10-11,18H,9,12H2,1-2H3,(H,22,25)/t18-/m1/s1. The van der Waals surface area contributed by atoms with E-state index in [1.54, 1.807) is 0 Å². The van der Waals surface area contributed by atoms with Crippen LogP contribution in [0, 0.1) is 13.8 Å². The van der Waals surface area contributed by atoms with Crippen LogP contribution in [0.15, 0.2) is 52.6 Å². The molecule has 0 saturated carbocycles. The van der Waals surface area contributed by atoms with Gasteiger partial charge in [0.05, 0.1) is 17.5 Å². The molecular formula is C20H20N4OS. The monoisotopic (exact) mass is 364 g/mol. The minimum absolute atomic E-state index is 0.0387. The summed E-state index contributed by atoms with van der Waals surface area (Å²) >= 11 is 1.42. The van der Waals surface area contributed by atoms with Gasteiger partial charge in [0.15, 0.2) is 5.17 Å². The first-order chi connectivity index (χ1) is 12.6. The van der Waals surface area contributed by atoms with Gasteiger partial charge in [-0.15, -0.1) is 0 Å². The number of benzene rings is 2. The van der Waals surface area contributed by atoms with E-state index in [-0.39, 0.29) is 11.9 Å². The predicted molar refractivity (Wildman–Crippen MR) is 108 cm³/mol. The fraction of sp³-hybridized carbons (Fsp3) is 0.250. The van der Waals surface area contributed by atoms with Crippen molar-refractivity contribution in [1.29, 1.82) is 0 Å². The van der Waals surface area contributed by atoms with Crippen molar-refractivity contribution in [1.82, 2.24) is 5.01 Å². The van der Waals surface area contributed by atoms with Gasteiger partial charge in [-0.2, -0.15) is 5.10 Å². The second kappa shape index (κ2) is 6.96. The average molecular weight is 364 g/mol. The van der Waals surface area contributed by atoms with Gasteiger partial charge in [-0.05, 0) is 31.5 Å². The minimum Gasteiger partial charge on any atom is -0.325 e. The Hall–Kier alpha value is -2.60. The Kier molecular flexibility index (Phi) is 4.51. The normalized spacial score (nSPS) is 17.5. The van der Waals surface area contributed by atoms with Crippen LogP contribution in [0.5, 0.6) is 0 Å². The van der Waals surface area contributed by atoms with E-state index in [4.69, 9.17) is 4.99 Å². The summed E-state index contributed by atoms with van der Waals surface area (Å²) in [7, 11) is 0. The van der Waals surface area contributed by atoms with Gasteiger partial charge in [-0.25, -0.2) is 10.0 Å². The highest BCUT2D eigenvalue weighted by Crippen LogP contribution is 2.40. The molecule has 5 nitrogen and oxygen atoms in total. The van der Waals surface area contributed by atoms with E-state index in [1.807, 2.05) is 55.4 Å². The van der Waals surface area contributed by atoms with Crippen molar-refractivity contribution in [3.8, 4) is 0 Å². The molecular weight excluding hydrogens is 344 g/mol. The molecule has 0 aromatic heterocycles. The molecule has 2 heterocycles. The molecule has 0 bridgehead atoms. The first-order valence-electron chi connectivity index (χ1n) is 8.61. The van der Waals surface area contributed by atoms with Crippen molar-refractivity contribution < 1.29 is 4.79 Å². The zero-order valence-corrected chi connectivity index (χ0v) is 15.6. The molecule has 0 radical (unpaired) electrons. The number of hydrogen-bond donors (Lipinski definition) is 1. The molecule has 0 fully saturated rings. The molecule has 0 spiro atoms. The number of anilines is 1. The second-order valence-corrected chi connectivity index (χ2v) is 7.45. The molecule has 6 heteroatoms. The topological polar surface area (TPSA) is 57.1 Å². The smallest absolute Gasteiger partial charge is 0.234 e. The summed E-state index contributed by atoms with van der Waals surface area (Å²) < 4.78 is 0. The van der Waals surface area contributed by atoms with Crippen LogP contribution < -0.4 is 5.32 Å². The highest BCUT2D eigenvalue weighted by molar-refractivity contribution is 8.14. The summed E-state index contributed by atoms with van der Waals surface area (Å²) in [5, 5.41) is 10.1. The largest absolute Gasteiger partial charge is 0.325 e. The van der Waals surface area contributed by atoms with Gasteiger partial charge in [0.25, 0.3) is 0 Å². The number of aliphatic imine (C=N–C) groups is 1. The van der Waals surface area contributed by atoms with E-state index in [1.165, 1.54) is 22.9 Å². The lowest BCUT2D eigenvalue weighted by atomic mass is 10.0. The number of carbonyl (C=O) groups is 1. The maximum Gasteiger partial charge on any atom is 0.234 e. The van der Waals surface area contributed by atoms with Gasteiger partial charge < -0.3 is 5.32 Å². The number of carbonyl (C=O) groups excluding carboxylic acids is 1. The van der Waals surface area contributed by atoms with Crippen molar-refractivity contribution in [3.63, 3.8) is 0 Å². The van der Waals surface area contributed by atoms with Crippen molar-refractivity contribution in [2.24, 2.45) is 10.1 Å². The van der Waals surface area contributed by atoms with Gasteiger partial charge in [0, 0.05) is 23.9 Å². The number of thioether (sulfide) groups is 1. The van der Waals surface area contributed by atoms with Crippen LogP contribution in [0.1, 0.15) is 29.2 Å². The third kappa shape index (κ3) is 3.24. The van der Waals surface area contributed by atoms with Gasteiger partial charge in [0.1, 0.15) is 0 Å². The van der Waals surface area contributed by atoms with Crippen LogP contribution >= 0.6 is 11.8 Å². The summed E-state index contributed by atoms with van der Waals surface area (Å²) in [6, 6.07) is 14.3. The third-order valence-electron chi connectivity index (χ3n) is 4.53. The van der Waals surface area contributed by atoms with Crippen molar-refractivity contribution in [3.05, 3.63) is 59.2 Å². The maximum absolute atomic E-state index is 12.4. The summed E-state index contributed by atoms with van der Waals surface area (Å²) in [4.78, 5) is 17.1. The predicted octanol–water partition coefficient (Wildman–Crippen LogP) is 4.41. The minimum atomic E-state index is -0.0387. The molecule has 2 aliphatic rings. The molecule has 0 aliphatic carbocycles. The number of hydrazone groups is 1. The van der Waals surface area contributed by atoms with E-state index < -0.39 is 0 Å². The fourth-order valence-electron chi connectivity index (χ4n) is 3.25. The molecule has 2 aliphatic heterocycles. The number of nitrogens with zero attached hydrogens (tertiary/aromatic N) is 3. The van der Waals surface area contributed by atoms with Crippen LogP contribution in [-0.2, 0) is 4.79 Å². The van der Waals surface area contributed by atoms with Crippen LogP contribution in [0.3, 0.4) is 0 Å². The van der Waals surface area contributed by atoms with Crippen LogP contribution in [-0.4, -0.2) is 28.1 Å². The summed E-state index contributed by atoms with van der Waals surface area (Å²) in [6.07, 6.45) is 2.78. The van der Waals surface area contributed by atoms with E-state index in [0.29, 0.717) is 5.75 Å². The Morgan fingerprint density at radius 1 is 1.27 bits per heavy atom. The molecule has 1 N–H and O–H groups in total. The van der Waals surface area contributed by atoms with E-state index in [2.05, 4.69) is 22.6 Å². The van der Waals surface area contributed by atoms with E-state index in [9.17, 15) is 4.79 Å². The summed E-state index contributed by atoms with van der Waals surface area (Å²) in [5.74, 6) is 0.260. The number of hydrogen-bond acceptors (Lipinski definition) is 5. The molecule has 0 saturated heterocycles. The number of amidine groups is 1. The number of nitrogens with one attached hydrogen (secondary N) is 1. The highest BCUT2D eigenvalue weighted by Gasteiger charge is 2.32. The van der Waals surface area contributed by atoms with Gasteiger partial charge in [-0.1, -0.05) is 47.7 Å². The molecule has 2 aromatic carbocycles. The zero-order chi connectivity index (χ0) is 18.1. The third-order valence-corrected chi connectivity index (χ3v) is 5.47. The van der Waals surface area contributed by atoms with E-state index in [0.717, 1.165) is 28.5 Å². The van der Waals surface area contributed by atoms with Crippen molar-refractivity contribution in [2.45, 2.75) is 26.3 Å². The van der Waals surface area contributed by atoms with Crippen molar-refractivity contribution in [2.75, 3.05) is 11.1 Å². The highest BCUT2D eigenvalue weighted by atomic mass is 32.2. The average Bonchev–Trinajstić information content (AvgIpc) is 3.12. The molecule has 1 amide bonds. The zero-order valence-electron chi connectivity index (χ0n) is 14.8. The number of fused-ring (bicyclic) bond motifs is 3. The lowest BCUT2D eigenvalue weighted by molar-refractivity contribution is -0.113. The SMILES string of the molecule is Cc1ccc(NC(=O)CSC2=Nc3ccccc3[C@H]3CC=NN23)c(C)c1. The van der Waals surface area contributed by atoms with Gasteiger partial charge >= 0.3 is 0 Å². The van der Waals surface area contributed by atoms with Crippen LogP contribution in [0.2, 0.25) is 0 Å². The summed E-state index contributed by atoms with van der Waals surface area (Å²) in [5.41, 5.74) is 5.26. The second-order valence-electron chi connectivity index (χ2n) is 6.50. The molecule has 1 atom stereocenters. The quantitative estimate of drug-likeness (QED) is 0.878. The Bertz CT molecular complexity index is 922. The number of aryl methyl sites for hydroxylation is 2. The Morgan fingerprint density at radius 3 is 2.96 bits per heavy atom.